The summed E-state index contributed by atoms with van der Waals surface area (Å²) in [5.41, 5.74) is 0. The molecule has 0 bridgehead atoms. The number of benzene rings is 1. The lowest BCUT2D eigenvalue weighted by Crippen LogP contribution is -2.43. The zero-order valence-corrected chi connectivity index (χ0v) is 15.8. The van der Waals surface area contributed by atoms with Crippen molar-refractivity contribution in [3.8, 4) is 5.75 Å². The first-order valence-electron chi connectivity index (χ1n) is 9.49. The largest absolute Gasteiger partial charge is 0.493 e. The lowest BCUT2D eigenvalue weighted by Gasteiger charge is -2.31. The van der Waals surface area contributed by atoms with Crippen molar-refractivity contribution in [2.75, 3.05) is 32.8 Å². The number of carbonyl (C=O) groups is 3. The summed E-state index contributed by atoms with van der Waals surface area (Å²) in [6.07, 6.45) is 1.77. The van der Waals surface area contributed by atoms with Crippen LogP contribution in [-0.4, -0.2) is 55.5 Å². The zero-order chi connectivity index (χ0) is 19.5. The minimum absolute atomic E-state index is 0.0482. The van der Waals surface area contributed by atoms with E-state index in [9.17, 15) is 14.4 Å². The van der Waals surface area contributed by atoms with Gasteiger partial charge in [-0.1, -0.05) is 18.2 Å². The molecule has 0 spiro atoms. The molecule has 0 aromatic heterocycles. The molecule has 1 saturated heterocycles. The maximum atomic E-state index is 12.3. The van der Waals surface area contributed by atoms with Gasteiger partial charge < -0.3 is 19.7 Å². The van der Waals surface area contributed by atoms with Crippen LogP contribution < -0.4 is 10.1 Å². The van der Waals surface area contributed by atoms with E-state index >= 15 is 0 Å². The van der Waals surface area contributed by atoms with Crippen LogP contribution in [0.2, 0.25) is 0 Å². The Balaban J connectivity index is 1.61. The number of amides is 2. The lowest BCUT2D eigenvalue weighted by molar-refractivity contribution is -0.143. The van der Waals surface area contributed by atoms with Gasteiger partial charge in [0, 0.05) is 25.6 Å². The molecule has 1 N–H and O–H groups in total. The second-order valence-electron chi connectivity index (χ2n) is 6.41. The first kappa shape index (κ1) is 20.7. The highest BCUT2D eigenvalue weighted by atomic mass is 16.5. The fraction of sp³-hybridized carbons (Fsp3) is 0.550. The highest BCUT2D eigenvalue weighted by Crippen LogP contribution is 2.18. The van der Waals surface area contributed by atoms with Crippen LogP contribution in [0.5, 0.6) is 5.75 Å². The average Bonchev–Trinajstić information content (AvgIpc) is 2.69. The van der Waals surface area contributed by atoms with E-state index in [2.05, 4.69) is 5.32 Å². The molecular formula is C20H28N2O5. The normalized spacial score (nSPS) is 14.5. The number of piperidine rings is 1. The number of para-hydroxylation sites is 1. The third-order valence-corrected chi connectivity index (χ3v) is 4.48. The molecule has 0 radical (unpaired) electrons. The van der Waals surface area contributed by atoms with Gasteiger partial charge in [0.1, 0.15) is 5.75 Å². The van der Waals surface area contributed by atoms with Crippen molar-refractivity contribution in [2.45, 2.75) is 32.6 Å². The Bertz CT molecular complexity index is 612. The summed E-state index contributed by atoms with van der Waals surface area (Å²) >= 11 is 0. The molecule has 0 saturated carbocycles. The minimum atomic E-state index is -0.309. The summed E-state index contributed by atoms with van der Waals surface area (Å²) < 4.78 is 10.4. The standard InChI is InChI=1S/C20H28N2O5/c1-2-26-19(24)8-12-21-20(25)16-9-13-22(14-10-16)18(23)11-15-27-17-6-4-3-5-7-17/h3-7,16H,2,8-15H2,1H3,(H,21,25). The van der Waals surface area contributed by atoms with Crippen LogP contribution in [-0.2, 0) is 19.1 Å². The Labute approximate surface area is 160 Å². The molecule has 2 rings (SSSR count). The van der Waals surface area contributed by atoms with Gasteiger partial charge in [0.15, 0.2) is 0 Å². The summed E-state index contributed by atoms with van der Waals surface area (Å²) in [6.45, 7) is 3.86. The number of carbonyl (C=O) groups excluding carboxylic acids is 3. The van der Waals surface area contributed by atoms with E-state index in [0.717, 1.165) is 5.75 Å². The van der Waals surface area contributed by atoms with E-state index in [4.69, 9.17) is 9.47 Å². The number of esters is 1. The van der Waals surface area contributed by atoms with E-state index in [1.807, 2.05) is 30.3 Å². The van der Waals surface area contributed by atoms with Crippen LogP contribution in [0.3, 0.4) is 0 Å². The van der Waals surface area contributed by atoms with E-state index in [-0.39, 0.29) is 36.7 Å². The van der Waals surface area contributed by atoms with Crippen LogP contribution in [0.1, 0.15) is 32.6 Å². The Kier molecular flexibility index (Phi) is 8.61. The van der Waals surface area contributed by atoms with Gasteiger partial charge in [-0.25, -0.2) is 0 Å². The summed E-state index contributed by atoms with van der Waals surface area (Å²) in [7, 11) is 0. The first-order chi connectivity index (χ1) is 13.1. The highest BCUT2D eigenvalue weighted by molar-refractivity contribution is 5.80. The number of nitrogens with one attached hydrogen (secondary N) is 1. The van der Waals surface area contributed by atoms with Gasteiger partial charge in [0.2, 0.25) is 11.8 Å². The van der Waals surface area contributed by atoms with Gasteiger partial charge in [0.25, 0.3) is 0 Å². The van der Waals surface area contributed by atoms with E-state index < -0.39 is 0 Å². The second kappa shape index (κ2) is 11.2. The predicted molar refractivity (Wildman–Crippen MR) is 100 cm³/mol. The quantitative estimate of drug-likeness (QED) is 0.664. The van der Waals surface area contributed by atoms with Crippen molar-refractivity contribution in [1.82, 2.24) is 10.2 Å². The van der Waals surface area contributed by atoms with Crippen molar-refractivity contribution >= 4 is 17.8 Å². The number of hydrogen-bond acceptors (Lipinski definition) is 5. The van der Waals surface area contributed by atoms with E-state index in [1.165, 1.54) is 0 Å². The maximum absolute atomic E-state index is 12.3. The van der Waals surface area contributed by atoms with Gasteiger partial charge in [0.05, 0.1) is 26.1 Å². The van der Waals surface area contributed by atoms with Gasteiger partial charge in [-0.2, -0.15) is 0 Å². The van der Waals surface area contributed by atoms with Gasteiger partial charge in [-0.3, -0.25) is 14.4 Å². The molecule has 148 valence electrons. The van der Waals surface area contributed by atoms with Crippen molar-refractivity contribution in [2.24, 2.45) is 5.92 Å². The van der Waals surface area contributed by atoms with Crippen LogP contribution in [0.15, 0.2) is 30.3 Å². The number of likely N-dealkylation sites (tertiary alicyclic amines) is 1. The van der Waals surface area contributed by atoms with Crippen LogP contribution in [0, 0.1) is 5.92 Å². The molecule has 7 nitrogen and oxygen atoms in total. The molecule has 1 aromatic carbocycles. The number of ether oxygens (including phenoxy) is 2. The van der Waals surface area contributed by atoms with Crippen molar-refractivity contribution in [3.05, 3.63) is 30.3 Å². The Morgan fingerprint density at radius 2 is 1.81 bits per heavy atom. The summed E-state index contributed by atoms with van der Waals surface area (Å²) in [5, 5.41) is 2.77. The van der Waals surface area contributed by atoms with E-state index in [0.29, 0.717) is 45.6 Å². The highest BCUT2D eigenvalue weighted by Gasteiger charge is 2.27. The molecule has 0 aliphatic carbocycles. The van der Waals surface area contributed by atoms with Crippen LogP contribution in [0.25, 0.3) is 0 Å². The van der Waals surface area contributed by atoms with Crippen molar-refractivity contribution in [1.29, 1.82) is 0 Å². The average molecular weight is 376 g/mol. The predicted octanol–water partition coefficient (Wildman–Crippen LogP) is 1.76. The van der Waals surface area contributed by atoms with Crippen LogP contribution in [0.4, 0.5) is 0 Å². The fourth-order valence-electron chi connectivity index (χ4n) is 2.99. The van der Waals surface area contributed by atoms with Gasteiger partial charge in [-0.05, 0) is 31.9 Å². The Morgan fingerprint density at radius 1 is 1.11 bits per heavy atom. The molecular weight excluding hydrogens is 348 g/mol. The minimum Gasteiger partial charge on any atom is -0.493 e. The van der Waals surface area contributed by atoms with Gasteiger partial charge in [-0.15, -0.1) is 0 Å². The van der Waals surface area contributed by atoms with Crippen molar-refractivity contribution < 1.29 is 23.9 Å². The molecule has 0 atom stereocenters. The third-order valence-electron chi connectivity index (χ3n) is 4.48. The van der Waals surface area contributed by atoms with Crippen molar-refractivity contribution in [3.63, 3.8) is 0 Å². The summed E-state index contributed by atoms with van der Waals surface area (Å²) in [4.78, 5) is 37.5. The molecule has 1 aromatic rings. The summed E-state index contributed by atoms with van der Waals surface area (Å²) in [6, 6.07) is 9.40. The third kappa shape index (κ3) is 7.29. The Morgan fingerprint density at radius 3 is 2.48 bits per heavy atom. The molecule has 7 heteroatoms. The van der Waals surface area contributed by atoms with Gasteiger partial charge >= 0.3 is 5.97 Å². The fourth-order valence-corrected chi connectivity index (χ4v) is 2.99. The Hall–Kier alpha value is -2.57. The second-order valence-corrected chi connectivity index (χ2v) is 6.41. The molecule has 2 amide bonds. The monoisotopic (exact) mass is 376 g/mol. The number of rotatable bonds is 9. The SMILES string of the molecule is CCOC(=O)CCNC(=O)C1CCN(C(=O)CCOc2ccccc2)CC1. The topological polar surface area (TPSA) is 84.9 Å². The lowest BCUT2D eigenvalue weighted by atomic mass is 9.95. The number of nitrogens with zero attached hydrogens (tertiary/aromatic N) is 1. The smallest absolute Gasteiger partial charge is 0.307 e. The molecule has 1 heterocycles. The first-order valence-corrected chi connectivity index (χ1v) is 9.49. The molecule has 27 heavy (non-hydrogen) atoms. The maximum Gasteiger partial charge on any atom is 0.307 e. The number of hydrogen-bond donors (Lipinski definition) is 1. The molecule has 1 aliphatic rings. The zero-order valence-electron chi connectivity index (χ0n) is 15.8. The summed E-state index contributed by atoms with van der Waals surface area (Å²) in [5.74, 6) is 0.321. The van der Waals surface area contributed by atoms with Crippen LogP contribution >= 0.6 is 0 Å². The van der Waals surface area contributed by atoms with E-state index in [1.54, 1.807) is 11.8 Å². The molecule has 0 unspecified atom stereocenters. The molecule has 1 aliphatic heterocycles. The molecule has 1 fully saturated rings.